The van der Waals surface area contributed by atoms with Gasteiger partial charge in [-0.2, -0.15) is 0 Å². The van der Waals surface area contributed by atoms with Crippen LogP contribution in [0.5, 0.6) is 0 Å². The van der Waals surface area contributed by atoms with Crippen LogP contribution in [-0.2, 0) is 25.7 Å². The van der Waals surface area contributed by atoms with Gasteiger partial charge in [0, 0.05) is 13.5 Å². The Bertz CT molecular complexity index is 615. The first kappa shape index (κ1) is 19.0. The number of carbonyl (C=O) groups excluding carboxylic acids is 3. The Hall–Kier alpha value is -2.37. The molecule has 6 nitrogen and oxygen atoms in total. The Kier molecular flexibility index (Phi) is 6.56. The number of likely N-dealkylation sites (tertiary alicyclic amines) is 1. The third kappa shape index (κ3) is 5.05. The molecule has 136 valence electrons. The molecule has 0 aliphatic carbocycles. The molecule has 6 heteroatoms. The highest BCUT2D eigenvalue weighted by Gasteiger charge is 2.39. The smallest absolute Gasteiger partial charge is 0.329 e. The van der Waals surface area contributed by atoms with Crippen LogP contribution in [0.2, 0.25) is 0 Å². The Morgan fingerprint density at radius 2 is 1.92 bits per heavy atom. The van der Waals surface area contributed by atoms with Gasteiger partial charge in [0.15, 0.2) is 0 Å². The van der Waals surface area contributed by atoms with Gasteiger partial charge >= 0.3 is 5.97 Å². The molecule has 2 amide bonds. The normalized spacial score (nSPS) is 18.1. The van der Waals surface area contributed by atoms with Crippen LogP contribution in [0.1, 0.15) is 39.2 Å². The second-order valence-electron chi connectivity index (χ2n) is 6.71. The number of esters is 1. The number of rotatable bonds is 6. The molecule has 1 fully saturated rings. The zero-order chi connectivity index (χ0) is 18.4. The summed E-state index contributed by atoms with van der Waals surface area (Å²) >= 11 is 0. The largest absolute Gasteiger partial charge is 0.459 e. The van der Waals surface area contributed by atoms with E-state index in [0.29, 0.717) is 13.0 Å². The Morgan fingerprint density at radius 3 is 2.52 bits per heavy atom. The fourth-order valence-corrected chi connectivity index (χ4v) is 3.01. The summed E-state index contributed by atoms with van der Waals surface area (Å²) in [5.41, 5.74) is 0.907. The minimum Gasteiger partial charge on any atom is -0.459 e. The van der Waals surface area contributed by atoms with Crippen LogP contribution in [0.25, 0.3) is 0 Å². The lowest BCUT2D eigenvalue weighted by Gasteiger charge is -2.29. The van der Waals surface area contributed by atoms with E-state index in [0.717, 1.165) is 12.0 Å². The van der Waals surface area contributed by atoms with Crippen LogP contribution < -0.4 is 5.32 Å². The molecule has 0 saturated carbocycles. The highest BCUT2D eigenvalue weighted by molar-refractivity contribution is 5.91. The molecule has 1 aromatic rings. The summed E-state index contributed by atoms with van der Waals surface area (Å²) in [6.45, 7) is 5.83. The van der Waals surface area contributed by atoms with Crippen LogP contribution in [-0.4, -0.2) is 41.3 Å². The number of hydrogen-bond donors (Lipinski definition) is 1. The quantitative estimate of drug-likeness (QED) is 0.798. The van der Waals surface area contributed by atoms with Crippen LogP contribution in [0.4, 0.5) is 0 Å². The van der Waals surface area contributed by atoms with Gasteiger partial charge in [0.25, 0.3) is 0 Å². The van der Waals surface area contributed by atoms with E-state index in [-0.39, 0.29) is 30.3 Å². The van der Waals surface area contributed by atoms with Gasteiger partial charge in [0.05, 0.1) is 0 Å². The molecule has 1 N–H and O–H groups in total. The monoisotopic (exact) mass is 346 g/mol. The third-order valence-corrected chi connectivity index (χ3v) is 4.32. The average molecular weight is 346 g/mol. The zero-order valence-corrected chi connectivity index (χ0v) is 15.0. The van der Waals surface area contributed by atoms with E-state index in [1.807, 2.05) is 44.2 Å². The summed E-state index contributed by atoms with van der Waals surface area (Å²) in [7, 11) is 0. The lowest BCUT2D eigenvalue weighted by molar-refractivity contribution is -0.155. The molecule has 0 aromatic heterocycles. The summed E-state index contributed by atoms with van der Waals surface area (Å²) in [6.07, 6.45) is 1.34. The standard InChI is InChI=1S/C19H26N2O4/c1-13(2)17(20-14(3)22)18(23)21-11-7-10-16(21)19(24)25-12-15-8-5-4-6-9-15/h4-6,8-9,13,16-17H,7,10-12H2,1-3H3,(H,20,22). The Balaban J connectivity index is 2.01. The van der Waals surface area contributed by atoms with E-state index in [2.05, 4.69) is 5.32 Å². The van der Waals surface area contributed by atoms with E-state index in [4.69, 9.17) is 4.74 Å². The maximum Gasteiger partial charge on any atom is 0.329 e. The van der Waals surface area contributed by atoms with Crippen LogP contribution in [0.3, 0.4) is 0 Å². The molecule has 1 aliphatic heterocycles. The van der Waals surface area contributed by atoms with E-state index in [1.165, 1.54) is 6.92 Å². The van der Waals surface area contributed by atoms with Gasteiger partial charge in [-0.1, -0.05) is 44.2 Å². The number of nitrogens with one attached hydrogen (secondary N) is 1. The maximum atomic E-state index is 12.8. The van der Waals surface area contributed by atoms with Gasteiger partial charge in [0.1, 0.15) is 18.7 Å². The average Bonchev–Trinajstić information content (AvgIpc) is 3.07. The summed E-state index contributed by atoms with van der Waals surface area (Å²) in [4.78, 5) is 38.2. The van der Waals surface area contributed by atoms with Crippen LogP contribution >= 0.6 is 0 Å². The molecular formula is C19H26N2O4. The summed E-state index contributed by atoms with van der Waals surface area (Å²) in [5.74, 6) is -0.920. The molecule has 1 saturated heterocycles. The number of hydrogen-bond acceptors (Lipinski definition) is 4. The molecule has 1 aliphatic rings. The van der Waals surface area contributed by atoms with Crippen molar-refractivity contribution in [2.24, 2.45) is 5.92 Å². The van der Waals surface area contributed by atoms with E-state index < -0.39 is 12.1 Å². The number of nitrogens with zero attached hydrogens (tertiary/aromatic N) is 1. The van der Waals surface area contributed by atoms with E-state index >= 15 is 0 Å². The molecule has 25 heavy (non-hydrogen) atoms. The van der Waals surface area contributed by atoms with Crippen molar-refractivity contribution in [2.75, 3.05) is 6.54 Å². The van der Waals surface area contributed by atoms with Gasteiger partial charge in [-0.15, -0.1) is 0 Å². The number of carbonyl (C=O) groups is 3. The van der Waals surface area contributed by atoms with Crippen molar-refractivity contribution < 1.29 is 19.1 Å². The third-order valence-electron chi connectivity index (χ3n) is 4.32. The van der Waals surface area contributed by atoms with Crippen LogP contribution in [0.15, 0.2) is 30.3 Å². The summed E-state index contributed by atoms with van der Waals surface area (Å²) in [6, 6.07) is 8.24. The maximum absolute atomic E-state index is 12.8. The first-order valence-corrected chi connectivity index (χ1v) is 8.68. The second-order valence-corrected chi connectivity index (χ2v) is 6.71. The summed E-state index contributed by atoms with van der Waals surface area (Å²) in [5, 5.41) is 2.69. The fraction of sp³-hybridized carbons (Fsp3) is 0.526. The molecule has 1 aromatic carbocycles. The predicted octanol–water partition coefficient (Wildman–Crippen LogP) is 1.88. The first-order valence-electron chi connectivity index (χ1n) is 8.68. The van der Waals surface area contributed by atoms with E-state index in [1.54, 1.807) is 4.90 Å². The number of amides is 2. The van der Waals surface area contributed by atoms with Crippen molar-refractivity contribution >= 4 is 17.8 Å². The predicted molar refractivity (Wildman–Crippen MR) is 93.4 cm³/mol. The molecule has 1 heterocycles. The van der Waals surface area contributed by atoms with Crippen molar-refractivity contribution in [3.63, 3.8) is 0 Å². The Morgan fingerprint density at radius 1 is 1.24 bits per heavy atom. The molecule has 0 spiro atoms. The van der Waals surface area contributed by atoms with Crippen molar-refractivity contribution in [1.82, 2.24) is 10.2 Å². The van der Waals surface area contributed by atoms with Crippen molar-refractivity contribution in [1.29, 1.82) is 0 Å². The molecule has 0 radical (unpaired) electrons. The fourth-order valence-electron chi connectivity index (χ4n) is 3.01. The highest BCUT2D eigenvalue weighted by atomic mass is 16.5. The molecular weight excluding hydrogens is 320 g/mol. The van der Waals surface area contributed by atoms with E-state index in [9.17, 15) is 14.4 Å². The van der Waals surface area contributed by atoms with Gasteiger partial charge in [-0.3, -0.25) is 9.59 Å². The zero-order valence-electron chi connectivity index (χ0n) is 15.0. The number of ether oxygens (including phenoxy) is 1. The van der Waals surface area contributed by atoms with Gasteiger partial charge in [0.2, 0.25) is 11.8 Å². The second kappa shape index (κ2) is 8.65. The molecule has 2 rings (SSSR count). The number of benzene rings is 1. The highest BCUT2D eigenvalue weighted by Crippen LogP contribution is 2.21. The SMILES string of the molecule is CC(=O)NC(C(=O)N1CCCC1C(=O)OCc1ccccc1)C(C)C. The molecule has 2 atom stereocenters. The Labute approximate surface area is 148 Å². The van der Waals surface area contributed by atoms with Crippen molar-refractivity contribution in [3.05, 3.63) is 35.9 Å². The van der Waals surface area contributed by atoms with Crippen LogP contribution in [0, 0.1) is 5.92 Å². The molecule has 0 bridgehead atoms. The van der Waals surface area contributed by atoms with Crippen molar-refractivity contribution in [2.45, 2.75) is 52.3 Å². The lowest BCUT2D eigenvalue weighted by Crippen LogP contribution is -2.53. The minimum atomic E-state index is -0.625. The minimum absolute atomic E-state index is 0.0574. The van der Waals surface area contributed by atoms with Crippen molar-refractivity contribution in [3.8, 4) is 0 Å². The van der Waals surface area contributed by atoms with Gasteiger partial charge < -0.3 is 15.0 Å². The molecule has 2 unspecified atom stereocenters. The van der Waals surface area contributed by atoms with Gasteiger partial charge in [-0.25, -0.2) is 4.79 Å². The topological polar surface area (TPSA) is 75.7 Å². The lowest BCUT2D eigenvalue weighted by atomic mass is 10.0. The first-order chi connectivity index (χ1) is 11.9. The van der Waals surface area contributed by atoms with Gasteiger partial charge in [-0.05, 0) is 24.3 Å². The summed E-state index contributed by atoms with van der Waals surface area (Å²) < 4.78 is 5.39.